The summed E-state index contributed by atoms with van der Waals surface area (Å²) in [6.07, 6.45) is 1.32. The lowest BCUT2D eigenvalue weighted by Gasteiger charge is -2.35. The van der Waals surface area contributed by atoms with Crippen LogP contribution in [0.2, 0.25) is 0 Å². The van der Waals surface area contributed by atoms with Crippen LogP contribution in [0.15, 0.2) is 0 Å². The SMILES string of the molecule is CC1OCCC1c1nnc2n1CCNC2C(C)(C)C. The maximum Gasteiger partial charge on any atom is 0.150 e. The summed E-state index contributed by atoms with van der Waals surface area (Å²) in [5.41, 5.74) is 0.153. The first kappa shape index (κ1) is 13.1. The number of hydrogen-bond acceptors (Lipinski definition) is 4. The Balaban J connectivity index is 1.96. The number of fused-ring (bicyclic) bond motifs is 1. The minimum atomic E-state index is 0.153. The molecule has 0 aromatic carbocycles. The number of ether oxygens (including phenoxy) is 1. The van der Waals surface area contributed by atoms with Crippen molar-refractivity contribution in [3.05, 3.63) is 11.6 Å². The van der Waals surface area contributed by atoms with E-state index in [1.807, 2.05) is 0 Å². The highest BCUT2D eigenvalue weighted by Gasteiger charge is 2.37. The first-order chi connectivity index (χ1) is 8.98. The van der Waals surface area contributed by atoms with Crippen LogP contribution in [0.3, 0.4) is 0 Å². The molecule has 1 N–H and O–H groups in total. The van der Waals surface area contributed by atoms with Gasteiger partial charge in [0.05, 0.1) is 12.1 Å². The fraction of sp³-hybridized carbons (Fsp3) is 0.857. The Bertz CT molecular complexity index is 449. The second-order valence-corrected chi connectivity index (χ2v) is 6.79. The Morgan fingerprint density at radius 2 is 2.00 bits per heavy atom. The van der Waals surface area contributed by atoms with Gasteiger partial charge in [-0.05, 0) is 18.8 Å². The van der Waals surface area contributed by atoms with Crippen molar-refractivity contribution in [3.63, 3.8) is 0 Å². The third-order valence-corrected chi connectivity index (χ3v) is 4.32. The molecule has 0 radical (unpaired) electrons. The van der Waals surface area contributed by atoms with Gasteiger partial charge >= 0.3 is 0 Å². The summed E-state index contributed by atoms with van der Waals surface area (Å²) < 4.78 is 8.00. The van der Waals surface area contributed by atoms with E-state index in [2.05, 4.69) is 47.8 Å². The number of nitrogens with zero attached hydrogens (tertiary/aromatic N) is 3. The van der Waals surface area contributed by atoms with Gasteiger partial charge in [0.25, 0.3) is 0 Å². The van der Waals surface area contributed by atoms with Gasteiger partial charge in [-0.2, -0.15) is 0 Å². The van der Waals surface area contributed by atoms with Crippen LogP contribution in [-0.2, 0) is 11.3 Å². The second kappa shape index (κ2) is 4.56. The molecule has 0 saturated carbocycles. The fourth-order valence-electron chi connectivity index (χ4n) is 3.22. The van der Waals surface area contributed by atoms with E-state index in [0.717, 1.165) is 37.8 Å². The maximum absolute atomic E-state index is 5.68. The lowest BCUT2D eigenvalue weighted by Crippen LogP contribution is -2.41. The zero-order valence-electron chi connectivity index (χ0n) is 12.3. The topological polar surface area (TPSA) is 52.0 Å². The summed E-state index contributed by atoms with van der Waals surface area (Å²) in [5, 5.41) is 12.5. The van der Waals surface area contributed by atoms with Gasteiger partial charge in [-0.1, -0.05) is 20.8 Å². The summed E-state index contributed by atoms with van der Waals surface area (Å²) in [4.78, 5) is 0. The molecule has 3 heterocycles. The zero-order chi connectivity index (χ0) is 13.6. The van der Waals surface area contributed by atoms with Crippen molar-refractivity contribution in [1.29, 1.82) is 0 Å². The third kappa shape index (κ3) is 2.19. The maximum atomic E-state index is 5.68. The largest absolute Gasteiger partial charge is 0.378 e. The van der Waals surface area contributed by atoms with Crippen molar-refractivity contribution < 1.29 is 4.74 Å². The molecule has 5 nitrogen and oxygen atoms in total. The van der Waals surface area contributed by atoms with E-state index in [1.165, 1.54) is 0 Å². The lowest BCUT2D eigenvalue weighted by molar-refractivity contribution is 0.116. The predicted molar refractivity (Wildman–Crippen MR) is 73.0 cm³/mol. The highest BCUT2D eigenvalue weighted by atomic mass is 16.5. The summed E-state index contributed by atoms with van der Waals surface area (Å²) in [6, 6.07) is 0.278. The fourth-order valence-corrected chi connectivity index (χ4v) is 3.22. The Morgan fingerprint density at radius 1 is 1.26 bits per heavy atom. The molecule has 0 spiro atoms. The Hall–Kier alpha value is -0.940. The van der Waals surface area contributed by atoms with E-state index < -0.39 is 0 Å². The summed E-state index contributed by atoms with van der Waals surface area (Å²) >= 11 is 0. The first-order valence-electron chi connectivity index (χ1n) is 7.26. The molecule has 5 heteroatoms. The average Bonchev–Trinajstić information content (AvgIpc) is 2.92. The standard InChI is InChI=1S/C14H24N4O/c1-9-10(5-8-19-9)12-16-17-13-11(14(2,3)4)15-6-7-18(12)13/h9-11,15H,5-8H2,1-4H3. The van der Waals surface area contributed by atoms with Gasteiger partial charge in [0.2, 0.25) is 0 Å². The molecular weight excluding hydrogens is 240 g/mol. The van der Waals surface area contributed by atoms with E-state index in [9.17, 15) is 0 Å². The Morgan fingerprint density at radius 3 is 2.63 bits per heavy atom. The van der Waals surface area contributed by atoms with Crippen LogP contribution in [0.25, 0.3) is 0 Å². The molecule has 1 saturated heterocycles. The minimum absolute atomic E-state index is 0.153. The molecule has 0 aliphatic carbocycles. The number of hydrogen-bond donors (Lipinski definition) is 1. The molecule has 0 amide bonds. The van der Waals surface area contributed by atoms with Crippen molar-refractivity contribution in [2.24, 2.45) is 5.41 Å². The smallest absolute Gasteiger partial charge is 0.150 e. The lowest BCUT2D eigenvalue weighted by atomic mass is 9.85. The van der Waals surface area contributed by atoms with Crippen LogP contribution in [0.5, 0.6) is 0 Å². The van der Waals surface area contributed by atoms with Crippen molar-refractivity contribution in [2.75, 3.05) is 13.2 Å². The molecular formula is C14H24N4O. The van der Waals surface area contributed by atoms with Crippen molar-refractivity contribution in [1.82, 2.24) is 20.1 Å². The zero-order valence-corrected chi connectivity index (χ0v) is 12.3. The monoisotopic (exact) mass is 264 g/mol. The van der Waals surface area contributed by atoms with Gasteiger partial charge in [-0.3, -0.25) is 0 Å². The molecule has 3 rings (SSSR count). The molecule has 106 valence electrons. The highest BCUT2D eigenvalue weighted by molar-refractivity contribution is 5.12. The summed E-state index contributed by atoms with van der Waals surface area (Å²) in [7, 11) is 0. The molecule has 19 heavy (non-hydrogen) atoms. The van der Waals surface area contributed by atoms with Gasteiger partial charge in [0.1, 0.15) is 5.82 Å². The van der Waals surface area contributed by atoms with E-state index in [1.54, 1.807) is 0 Å². The predicted octanol–water partition coefficient (Wildman–Crippen LogP) is 1.86. The second-order valence-electron chi connectivity index (χ2n) is 6.79. The van der Waals surface area contributed by atoms with Gasteiger partial charge in [0.15, 0.2) is 5.82 Å². The quantitative estimate of drug-likeness (QED) is 0.841. The van der Waals surface area contributed by atoms with Crippen molar-refractivity contribution >= 4 is 0 Å². The van der Waals surface area contributed by atoms with E-state index in [-0.39, 0.29) is 17.6 Å². The number of aromatic nitrogens is 3. The van der Waals surface area contributed by atoms with Crippen molar-refractivity contribution in [2.45, 2.75) is 58.7 Å². The molecule has 1 aromatic heterocycles. The van der Waals surface area contributed by atoms with Crippen LogP contribution in [0.1, 0.15) is 57.7 Å². The van der Waals surface area contributed by atoms with Gasteiger partial charge in [-0.15, -0.1) is 10.2 Å². The first-order valence-corrected chi connectivity index (χ1v) is 7.26. The third-order valence-electron chi connectivity index (χ3n) is 4.32. The van der Waals surface area contributed by atoms with Crippen LogP contribution < -0.4 is 5.32 Å². The molecule has 3 atom stereocenters. The van der Waals surface area contributed by atoms with Gasteiger partial charge in [0, 0.05) is 25.6 Å². The van der Waals surface area contributed by atoms with Gasteiger partial charge in [-0.25, -0.2) is 0 Å². The molecule has 0 bridgehead atoms. The number of nitrogens with one attached hydrogen (secondary N) is 1. The Kier molecular flexibility index (Phi) is 3.14. The van der Waals surface area contributed by atoms with Crippen LogP contribution in [0, 0.1) is 5.41 Å². The van der Waals surface area contributed by atoms with Crippen LogP contribution in [0.4, 0.5) is 0 Å². The van der Waals surface area contributed by atoms with Crippen LogP contribution in [-0.4, -0.2) is 34.0 Å². The van der Waals surface area contributed by atoms with E-state index in [0.29, 0.717) is 5.92 Å². The molecule has 1 fully saturated rings. The van der Waals surface area contributed by atoms with Crippen LogP contribution >= 0.6 is 0 Å². The molecule has 3 unspecified atom stereocenters. The van der Waals surface area contributed by atoms with Gasteiger partial charge < -0.3 is 14.6 Å². The summed E-state index contributed by atoms with van der Waals surface area (Å²) in [6.45, 7) is 11.7. The molecule has 2 aliphatic rings. The molecule has 2 aliphatic heterocycles. The van der Waals surface area contributed by atoms with E-state index in [4.69, 9.17) is 4.74 Å². The molecule has 1 aromatic rings. The summed E-state index contributed by atoms with van der Waals surface area (Å²) in [5.74, 6) is 2.61. The minimum Gasteiger partial charge on any atom is -0.378 e. The average molecular weight is 264 g/mol. The highest BCUT2D eigenvalue weighted by Crippen LogP contribution is 2.36. The Labute approximate surface area is 114 Å². The van der Waals surface area contributed by atoms with E-state index >= 15 is 0 Å². The normalized spacial score (nSPS) is 31.5. The van der Waals surface area contributed by atoms with Crippen molar-refractivity contribution in [3.8, 4) is 0 Å². The number of rotatable bonds is 1.